The van der Waals surface area contributed by atoms with Gasteiger partial charge in [-0.05, 0) is 49.6 Å². The predicted octanol–water partition coefficient (Wildman–Crippen LogP) is 3.01. The molecule has 24 heavy (non-hydrogen) atoms. The van der Waals surface area contributed by atoms with E-state index in [4.69, 9.17) is 4.18 Å². The van der Waals surface area contributed by atoms with Crippen molar-refractivity contribution in [2.75, 3.05) is 6.61 Å². The molecule has 0 aromatic heterocycles. The van der Waals surface area contributed by atoms with Crippen molar-refractivity contribution in [3.63, 3.8) is 0 Å². The number of aldehydes is 1. The van der Waals surface area contributed by atoms with E-state index in [9.17, 15) is 18.3 Å². The lowest BCUT2D eigenvalue weighted by molar-refractivity contribution is -0.109. The zero-order chi connectivity index (χ0) is 17.9. The SMILES string of the molecule is Cc1ccc(S(=O)(=O)OCC(C=O)c2ccc(C)c(O)c2C)cc1. The minimum Gasteiger partial charge on any atom is -0.507 e. The lowest BCUT2D eigenvalue weighted by atomic mass is 9.94. The number of hydrogen-bond acceptors (Lipinski definition) is 5. The van der Waals surface area contributed by atoms with Gasteiger partial charge < -0.3 is 9.90 Å². The van der Waals surface area contributed by atoms with Gasteiger partial charge >= 0.3 is 0 Å². The van der Waals surface area contributed by atoms with Crippen molar-refractivity contribution >= 4 is 16.4 Å². The Morgan fingerprint density at radius 1 is 1.08 bits per heavy atom. The van der Waals surface area contributed by atoms with E-state index in [-0.39, 0.29) is 17.3 Å². The van der Waals surface area contributed by atoms with Crippen LogP contribution in [0.4, 0.5) is 0 Å². The zero-order valence-corrected chi connectivity index (χ0v) is 14.6. The van der Waals surface area contributed by atoms with Crippen LogP contribution in [-0.4, -0.2) is 26.4 Å². The summed E-state index contributed by atoms with van der Waals surface area (Å²) in [6, 6.07) is 9.66. The number of rotatable bonds is 6. The Labute approximate surface area is 142 Å². The van der Waals surface area contributed by atoms with Gasteiger partial charge in [0.25, 0.3) is 10.1 Å². The predicted molar refractivity (Wildman–Crippen MR) is 90.7 cm³/mol. The van der Waals surface area contributed by atoms with Crippen molar-refractivity contribution in [3.05, 3.63) is 58.7 Å². The lowest BCUT2D eigenvalue weighted by Gasteiger charge is -2.16. The van der Waals surface area contributed by atoms with Crippen LogP contribution in [0.2, 0.25) is 0 Å². The van der Waals surface area contributed by atoms with E-state index in [0.29, 0.717) is 23.0 Å². The number of carbonyl (C=O) groups excluding carboxylic acids is 1. The molecule has 1 unspecified atom stereocenters. The van der Waals surface area contributed by atoms with Crippen LogP contribution in [0, 0.1) is 20.8 Å². The van der Waals surface area contributed by atoms with E-state index >= 15 is 0 Å². The second-order valence-corrected chi connectivity index (χ2v) is 7.35. The number of phenolic OH excluding ortho intramolecular Hbond substituents is 1. The van der Waals surface area contributed by atoms with E-state index in [1.807, 2.05) is 6.92 Å². The molecule has 1 N–H and O–H groups in total. The first-order valence-corrected chi connectivity index (χ1v) is 8.87. The molecule has 2 aromatic carbocycles. The van der Waals surface area contributed by atoms with Gasteiger partial charge in [-0.15, -0.1) is 0 Å². The summed E-state index contributed by atoms with van der Waals surface area (Å²) in [6.45, 7) is 4.97. The first-order chi connectivity index (χ1) is 11.3. The van der Waals surface area contributed by atoms with Crippen molar-refractivity contribution in [3.8, 4) is 5.75 Å². The van der Waals surface area contributed by atoms with Gasteiger partial charge in [0.1, 0.15) is 12.0 Å². The summed E-state index contributed by atoms with van der Waals surface area (Å²) >= 11 is 0. The summed E-state index contributed by atoms with van der Waals surface area (Å²) in [5, 5.41) is 9.99. The lowest BCUT2D eigenvalue weighted by Crippen LogP contribution is -2.15. The molecule has 0 aliphatic heterocycles. The van der Waals surface area contributed by atoms with Crippen molar-refractivity contribution in [2.24, 2.45) is 0 Å². The van der Waals surface area contributed by atoms with E-state index in [1.165, 1.54) is 12.1 Å². The number of phenols is 1. The normalized spacial score (nSPS) is 12.8. The van der Waals surface area contributed by atoms with Crippen LogP contribution in [0.5, 0.6) is 5.75 Å². The van der Waals surface area contributed by atoms with Gasteiger partial charge in [-0.1, -0.05) is 29.8 Å². The molecule has 0 bridgehead atoms. The summed E-state index contributed by atoms with van der Waals surface area (Å²) in [5.41, 5.74) is 2.72. The molecule has 6 heteroatoms. The minimum absolute atomic E-state index is 0.0428. The average molecular weight is 348 g/mol. The molecule has 0 aliphatic rings. The Morgan fingerprint density at radius 2 is 1.71 bits per heavy atom. The maximum Gasteiger partial charge on any atom is 0.297 e. The number of aryl methyl sites for hydroxylation is 2. The highest BCUT2D eigenvalue weighted by atomic mass is 32.2. The first-order valence-electron chi connectivity index (χ1n) is 7.46. The molecule has 2 aromatic rings. The van der Waals surface area contributed by atoms with Gasteiger partial charge in [0.2, 0.25) is 0 Å². The highest BCUT2D eigenvalue weighted by Crippen LogP contribution is 2.29. The summed E-state index contributed by atoms with van der Waals surface area (Å²) < 4.78 is 29.5. The average Bonchev–Trinajstić information content (AvgIpc) is 2.55. The third kappa shape index (κ3) is 3.83. The van der Waals surface area contributed by atoms with E-state index in [1.54, 1.807) is 38.1 Å². The van der Waals surface area contributed by atoms with Crippen molar-refractivity contribution in [1.82, 2.24) is 0 Å². The molecule has 0 radical (unpaired) electrons. The molecule has 2 rings (SSSR count). The minimum atomic E-state index is -3.94. The Hall–Kier alpha value is -2.18. The van der Waals surface area contributed by atoms with Crippen LogP contribution >= 0.6 is 0 Å². The van der Waals surface area contributed by atoms with Crippen LogP contribution in [0.15, 0.2) is 41.3 Å². The Balaban J connectivity index is 2.21. The summed E-state index contributed by atoms with van der Waals surface area (Å²) in [6.07, 6.45) is 0.627. The van der Waals surface area contributed by atoms with E-state index in [0.717, 1.165) is 5.56 Å². The van der Waals surface area contributed by atoms with E-state index < -0.39 is 16.0 Å². The quantitative estimate of drug-likeness (QED) is 0.641. The molecular formula is C18H20O5S. The molecule has 0 amide bonds. The van der Waals surface area contributed by atoms with Crippen molar-refractivity contribution < 1.29 is 22.5 Å². The van der Waals surface area contributed by atoms with Crippen LogP contribution in [0.3, 0.4) is 0 Å². The molecule has 0 aliphatic carbocycles. The van der Waals surface area contributed by atoms with Crippen LogP contribution in [0.25, 0.3) is 0 Å². The maximum absolute atomic E-state index is 12.2. The first kappa shape index (κ1) is 18.2. The molecule has 1 atom stereocenters. The van der Waals surface area contributed by atoms with Crippen molar-refractivity contribution in [2.45, 2.75) is 31.6 Å². The number of carbonyl (C=O) groups is 1. The second kappa shape index (κ2) is 7.15. The third-order valence-corrected chi connectivity index (χ3v) is 5.25. The Kier molecular flexibility index (Phi) is 5.41. The van der Waals surface area contributed by atoms with Gasteiger partial charge in [-0.2, -0.15) is 8.42 Å². The van der Waals surface area contributed by atoms with Gasteiger partial charge in [-0.3, -0.25) is 4.18 Å². The summed E-state index contributed by atoms with van der Waals surface area (Å²) in [5.74, 6) is -0.683. The molecule has 0 saturated heterocycles. The molecule has 5 nitrogen and oxygen atoms in total. The largest absolute Gasteiger partial charge is 0.507 e. The summed E-state index contributed by atoms with van der Waals surface area (Å²) in [7, 11) is -3.94. The molecule has 0 fully saturated rings. The van der Waals surface area contributed by atoms with Gasteiger partial charge in [0.05, 0.1) is 17.4 Å². The van der Waals surface area contributed by atoms with Crippen LogP contribution in [-0.2, 0) is 19.1 Å². The number of benzene rings is 2. The van der Waals surface area contributed by atoms with Crippen molar-refractivity contribution in [1.29, 1.82) is 0 Å². The van der Waals surface area contributed by atoms with Crippen LogP contribution < -0.4 is 0 Å². The topological polar surface area (TPSA) is 80.7 Å². The molecule has 0 saturated carbocycles. The van der Waals surface area contributed by atoms with E-state index in [2.05, 4.69) is 0 Å². The number of aromatic hydroxyl groups is 1. The standard InChI is InChI=1S/C18H20O5S/c1-12-4-7-16(8-5-12)24(21,22)23-11-15(10-19)17-9-6-13(2)18(20)14(17)3/h4-10,15,20H,11H2,1-3H3. The molecule has 0 heterocycles. The summed E-state index contributed by atoms with van der Waals surface area (Å²) in [4.78, 5) is 11.4. The Morgan fingerprint density at radius 3 is 2.29 bits per heavy atom. The second-order valence-electron chi connectivity index (χ2n) is 5.74. The third-order valence-electron chi connectivity index (χ3n) is 3.95. The fraction of sp³-hybridized carbons (Fsp3) is 0.278. The Bertz CT molecular complexity index is 838. The van der Waals surface area contributed by atoms with Gasteiger partial charge in [0.15, 0.2) is 0 Å². The number of hydrogen-bond donors (Lipinski definition) is 1. The highest BCUT2D eigenvalue weighted by molar-refractivity contribution is 7.86. The van der Waals surface area contributed by atoms with Gasteiger partial charge in [-0.25, -0.2) is 0 Å². The maximum atomic E-state index is 12.2. The molecular weight excluding hydrogens is 328 g/mol. The zero-order valence-electron chi connectivity index (χ0n) is 13.8. The monoisotopic (exact) mass is 348 g/mol. The fourth-order valence-corrected chi connectivity index (χ4v) is 3.32. The smallest absolute Gasteiger partial charge is 0.297 e. The molecule has 128 valence electrons. The fourth-order valence-electron chi connectivity index (χ4n) is 2.39. The van der Waals surface area contributed by atoms with Gasteiger partial charge in [0, 0.05) is 0 Å². The highest BCUT2D eigenvalue weighted by Gasteiger charge is 2.21. The molecule has 0 spiro atoms. The van der Waals surface area contributed by atoms with Crippen LogP contribution in [0.1, 0.15) is 28.2 Å².